The minimum atomic E-state index is -0.242. The Hall–Kier alpha value is -3.78. The third-order valence-corrected chi connectivity index (χ3v) is 4.94. The highest BCUT2D eigenvalue weighted by Crippen LogP contribution is 2.20. The summed E-state index contributed by atoms with van der Waals surface area (Å²) >= 11 is 1.38. The summed E-state index contributed by atoms with van der Waals surface area (Å²) in [5, 5.41) is 11.3. The molecule has 29 heavy (non-hydrogen) atoms. The summed E-state index contributed by atoms with van der Waals surface area (Å²) in [5.74, 6) is 0.563. The molecule has 0 atom stereocenters. The molecular formula is C21H16N4O3S. The van der Waals surface area contributed by atoms with Crippen LogP contribution >= 0.6 is 11.3 Å². The van der Waals surface area contributed by atoms with Crippen LogP contribution in [0.5, 0.6) is 0 Å². The standard InChI is InChI=1S/C21H16N4O3S/c1-13-22-21(28-25-13)15-6-4-14(5-7-15)19(26)23-16-8-10-17(11-9-16)24-20(27)18-3-2-12-29-18/h2-12H,1H3,(H,23,26)(H,24,27). The Morgan fingerprint density at radius 3 is 2.10 bits per heavy atom. The van der Waals surface area contributed by atoms with Gasteiger partial charge in [-0.3, -0.25) is 9.59 Å². The second-order valence-electron chi connectivity index (χ2n) is 6.19. The van der Waals surface area contributed by atoms with E-state index in [-0.39, 0.29) is 11.8 Å². The zero-order valence-electron chi connectivity index (χ0n) is 15.4. The Morgan fingerprint density at radius 1 is 0.897 bits per heavy atom. The van der Waals surface area contributed by atoms with Crippen molar-refractivity contribution in [3.63, 3.8) is 0 Å². The van der Waals surface area contributed by atoms with Crippen LogP contribution < -0.4 is 10.6 Å². The number of amides is 2. The van der Waals surface area contributed by atoms with Crippen LogP contribution in [0.2, 0.25) is 0 Å². The molecule has 0 saturated carbocycles. The highest BCUT2D eigenvalue weighted by atomic mass is 32.1. The number of carbonyl (C=O) groups excluding carboxylic acids is 2. The lowest BCUT2D eigenvalue weighted by Crippen LogP contribution is -2.12. The lowest BCUT2D eigenvalue weighted by molar-refractivity contribution is 0.102. The Bertz CT molecular complexity index is 1130. The number of nitrogens with zero attached hydrogens (tertiary/aromatic N) is 2. The topological polar surface area (TPSA) is 97.1 Å². The van der Waals surface area contributed by atoms with E-state index in [2.05, 4.69) is 20.8 Å². The molecule has 4 aromatic rings. The normalized spacial score (nSPS) is 10.5. The van der Waals surface area contributed by atoms with Crippen LogP contribution in [0.25, 0.3) is 11.5 Å². The van der Waals surface area contributed by atoms with Gasteiger partial charge >= 0.3 is 0 Å². The van der Waals surface area contributed by atoms with Crippen LogP contribution in [0.3, 0.4) is 0 Å². The molecule has 2 aromatic heterocycles. The SMILES string of the molecule is Cc1noc(-c2ccc(C(=O)Nc3ccc(NC(=O)c4cccs4)cc3)cc2)n1. The second-order valence-corrected chi connectivity index (χ2v) is 7.13. The molecule has 0 aliphatic heterocycles. The van der Waals surface area contributed by atoms with Crippen molar-refractivity contribution in [2.75, 3.05) is 10.6 Å². The third-order valence-electron chi connectivity index (χ3n) is 4.07. The Morgan fingerprint density at radius 2 is 1.55 bits per heavy atom. The van der Waals surface area contributed by atoms with E-state index >= 15 is 0 Å². The first kappa shape index (κ1) is 18.6. The van der Waals surface area contributed by atoms with Crippen molar-refractivity contribution >= 4 is 34.5 Å². The maximum Gasteiger partial charge on any atom is 0.265 e. The lowest BCUT2D eigenvalue weighted by atomic mass is 10.1. The van der Waals surface area contributed by atoms with Gasteiger partial charge in [-0.1, -0.05) is 11.2 Å². The van der Waals surface area contributed by atoms with Crippen LogP contribution in [-0.4, -0.2) is 22.0 Å². The molecule has 2 amide bonds. The largest absolute Gasteiger partial charge is 0.334 e. The van der Waals surface area contributed by atoms with Gasteiger partial charge in [0.1, 0.15) is 0 Å². The zero-order chi connectivity index (χ0) is 20.2. The van der Waals surface area contributed by atoms with Crippen molar-refractivity contribution in [3.8, 4) is 11.5 Å². The number of carbonyl (C=O) groups is 2. The van der Waals surface area contributed by atoms with Crippen LogP contribution in [0, 0.1) is 6.92 Å². The van der Waals surface area contributed by atoms with E-state index in [0.717, 1.165) is 5.56 Å². The van der Waals surface area contributed by atoms with Gasteiger partial charge in [0.05, 0.1) is 4.88 Å². The third kappa shape index (κ3) is 4.39. The minimum absolute atomic E-state index is 0.159. The Balaban J connectivity index is 1.38. The summed E-state index contributed by atoms with van der Waals surface area (Å²) in [7, 11) is 0. The van der Waals surface area contributed by atoms with E-state index in [1.54, 1.807) is 61.5 Å². The number of rotatable bonds is 5. The fourth-order valence-electron chi connectivity index (χ4n) is 2.62. The number of nitrogens with one attached hydrogen (secondary N) is 2. The van der Waals surface area contributed by atoms with Gasteiger partial charge in [-0.05, 0) is 66.9 Å². The second kappa shape index (κ2) is 8.07. The summed E-state index contributed by atoms with van der Waals surface area (Å²) in [4.78, 5) is 29.3. The average molecular weight is 404 g/mol. The maximum atomic E-state index is 12.5. The van der Waals surface area contributed by atoms with Crippen molar-refractivity contribution in [2.45, 2.75) is 6.92 Å². The van der Waals surface area contributed by atoms with E-state index in [0.29, 0.717) is 33.5 Å². The van der Waals surface area contributed by atoms with Crippen LogP contribution in [0.15, 0.2) is 70.6 Å². The number of thiophene rings is 1. The van der Waals surface area contributed by atoms with Crippen LogP contribution in [0.1, 0.15) is 25.9 Å². The van der Waals surface area contributed by atoms with E-state index in [1.807, 2.05) is 11.4 Å². The summed E-state index contributed by atoms with van der Waals surface area (Å²) in [6, 6.07) is 17.4. The Kier molecular flexibility index (Phi) is 5.17. The molecule has 2 heterocycles. The first-order valence-electron chi connectivity index (χ1n) is 8.75. The molecule has 7 nitrogen and oxygen atoms in total. The quantitative estimate of drug-likeness (QED) is 0.506. The fraction of sp³-hybridized carbons (Fsp3) is 0.0476. The molecule has 0 bridgehead atoms. The van der Waals surface area contributed by atoms with Gasteiger partial charge in [0, 0.05) is 22.5 Å². The van der Waals surface area contributed by atoms with E-state index in [1.165, 1.54) is 11.3 Å². The maximum absolute atomic E-state index is 12.5. The molecule has 0 aliphatic rings. The van der Waals surface area contributed by atoms with Gasteiger partial charge in [-0.2, -0.15) is 4.98 Å². The highest BCUT2D eigenvalue weighted by molar-refractivity contribution is 7.12. The molecule has 0 spiro atoms. The first-order chi connectivity index (χ1) is 14.1. The number of aryl methyl sites for hydroxylation is 1. The summed E-state index contributed by atoms with van der Waals surface area (Å²) in [5.41, 5.74) is 2.52. The van der Waals surface area contributed by atoms with Gasteiger partial charge in [0.2, 0.25) is 0 Å². The van der Waals surface area contributed by atoms with Gasteiger partial charge < -0.3 is 15.2 Å². The fourth-order valence-corrected chi connectivity index (χ4v) is 3.24. The average Bonchev–Trinajstić information content (AvgIpc) is 3.41. The smallest absolute Gasteiger partial charge is 0.265 e. The molecule has 0 radical (unpaired) electrons. The number of hydrogen-bond acceptors (Lipinski definition) is 6. The van der Waals surface area contributed by atoms with Crippen LogP contribution in [-0.2, 0) is 0 Å². The van der Waals surface area contributed by atoms with Crippen molar-refractivity contribution in [1.29, 1.82) is 0 Å². The van der Waals surface area contributed by atoms with Crippen molar-refractivity contribution < 1.29 is 14.1 Å². The Labute approximate surface area is 170 Å². The number of benzene rings is 2. The van der Waals surface area contributed by atoms with Crippen molar-refractivity contribution in [2.24, 2.45) is 0 Å². The molecular weight excluding hydrogens is 388 g/mol. The number of hydrogen-bond donors (Lipinski definition) is 2. The van der Waals surface area contributed by atoms with Crippen molar-refractivity contribution in [3.05, 3.63) is 82.3 Å². The predicted octanol–water partition coefficient (Wildman–Crippen LogP) is 4.61. The van der Waals surface area contributed by atoms with Gasteiger partial charge in [-0.15, -0.1) is 11.3 Å². The molecule has 0 unspecified atom stereocenters. The predicted molar refractivity (Wildman–Crippen MR) is 111 cm³/mol. The molecule has 8 heteroatoms. The van der Waals surface area contributed by atoms with E-state index < -0.39 is 0 Å². The van der Waals surface area contributed by atoms with Crippen LogP contribution in [0.4, 0.5) is 11.4 Å². The molecule has 2 N–H and O–H groups in total. The summed E-state index contributed by atoms with van der Waals surface area (Å²) in [6.45, 7) is 1.74. The monoisotopic (exact) mass is 404 g/mol. The zero-order valence-corrected chi connectivity index (χ0v) is 16.2. The van der Waals surface area contributed by atoms with Gasteiger partial charge in [0.15, 0.2) is 5.82 Å². The van der Waals surface area contributed by atoms with Crippen molar-refractivity contribution in [1.82, 2.24) is 10.1 Å². The molecule has 0 saturated heterocycles. The molecule has 2 aromatic carbocycles. The van der Waals surface area contributed by atoms with Gasteiger partial charge in [0.25, 0.3) is 17.7 Å². The highest BCUT2D eigenvalue weighted by Gasteiger charge is 2.10. The molecule has 4 rings (SSSR count). The number of aromatic nitrogens is 2. The molecule has 144 valence electrons. The van der Waals surface area contributed by atoms with E-state index in [4.69, 9.17) is 4.52 Å². The first-order valence-corrected chi connectivity index (χ1v) is 9.63. The minimum Gasteiger partial charge on any atom is -0.334 e. The van der Waals surface area contributed by atoms with Gasteiger partial charge in [-0.25, -0.2) is 0 Å². The molecule has 0 fully saturated rings. The lowest BCUT2D eigenvalue weighted by Gasteiger charge is -2.08. The summed E-state index contributed by atoms with van der Waals surface area (Å²) in [6.07, 6.45) is 0. The molecule has 0 aliphatic carbocycles. The number of anilines is 2. The van der Waals surface area contributed by atoms with E-state index in [9.17, 15) is 9.59 Å². The summed E-state index contributed by atoms with van der Waals surface area (Å²) < 4.78 is 5.12.